The topological polar surface area (TPSA) is 92.4 Å². The van der Waals surface area contributed by atoms with E-state index in [0.717, 1.165) is 30.5 Å². The standard InChI is InChI=1S/C20H27N5O.HI/c1-2-3-12-23-19(26)17-9-7-16(8-10-17)15-25-20(21)24-14-11-18-6-4-5-13-22-18;/h4-10,13H,2-3,11-12,14-15H2,1H3,(H,23,26)(H3,21,24,25);1H. The van der Waals surface area contributed by atoms with Gasteiger partial charge >= 0.3 is 0 Å². The normalized spacial score (nSPS) is 10.8. The van der Waals surface area contributed by atoms with Crippen molar-refractivity contribution in [3.05, 3.63) is 65.5 Å². The highest BCUT2D eigenvalue weighted by atomic mass is 127. The molecule has 4 N–H and O–H groups in total. The van der Waals surface area contributed by atoms with Crippen LogP contribution in [0.3, 0.4) is 0 Å². The van der Waals surface area contributed by atoms with Gasteiger partial charge in [0.05, 0.1) is 6.54 Å². The minimum atomic E-state index is -0.0378. The molecule has 2 rings (SSSR count). The van der Waals surface area contributed by atoms with Crippen molar-refractivity contribution in [2.24, 2.45) is 10.7 Å². The lowest BCUT2D eigenvalue weighted by molar-refractivity contribution is 0.0953. The lowest BCUT2D eigenvalue weighted by atomic mass is 10.1. The van der Waals surface area contributed by atoms with E-state index in [4.69, 9.17) is 5.73 Å². The Morgan fingerprint density at radius 2 is 1.89 bits per heavy atom. The first-order valence-electron chi connectivity index (χ1n) is 9.00. The third-order valence-electron chi connectivity index (χ3n) is 3.88. The molecular weight excluding hydrogens is 453 g/mol. The van der Waals surface area contributed by atoms with Gasteiger partial charge in [0.25, 0.3) is 5.91 Å². The second-order valence-electron chi connectivity index (χ2n) is 6.01. The van der Waals surface area contributed by atoms with Crippen LogP contribution in [0.25, 0.3) is 0 Å². The van der Waals surface area contributed by atoms with Crippen molar-refractivity contribution in [3.8, 4) is 0 Å². The minimum absolute atomic E-state index is 0. The molecule has 0 spiro atoms. The molecule has 1 aromatic heterocycles. The molecule has 0 atom stereocenters. The van der Waals surface area contributed by atoms with E-state index in [9.17, 15) is 4.79 Å². The SMILES string of the molecule is CCCCNC(=O)c1ccc(CN=C(N)NCCc2ccccn2)cc1.I. The number of carbonyl (C=O) groups excluding carboxylic acids is 1. The summed E-state index contributed by atoms with van der Waals surface area (Å²) in [5, 5.41) is 5.99. The van der Waals surface area contributed by atoms with Crippen LogP contribution in [0.15, 0.2) is 53.7 Å². The fourth-order valence-electron chi connectivity index (χ4n) is 2.34. The van der Waals surface area contributed by atoms with Crippen LogP contribution in [-0.2, 0) is 13.0 Å². The van der Waals surface area contributed by atoms with Gasteiger partial charge in [0.2, 0.25) is 0 Å². The average Bonchev–Trinajstić information content (AvgIpc) is 2.68. The summed E-state index contributed by atoms with van der Waals surface area (Å²) in [6, 6.07) is 13.3. The first-order valence-corrected chi connectivity index (χ1v) is 9.00. The van der Waals surface area contributed by atoms with Crippen LogP contribution < -0.4 is 16.4 Å². The fraction of sp³-hybridized carbons (Fsp3) is 0.350. The van der Waals surface area contributed by atoms with E-state index < -0.39 is 0 Å². The number of aliphatic imine (C=N–C) groups is 1. The van der Waals surface area contributed by atoms with Crippen molar-refractivity contribution in [1.29, 1.82) is 0 Å². The van der Waals surface area contributed by atoms with Gasteiger partial charge in [-0.2, -0.15) is 0 Å². The van der Waals surface area contributed by atoms with Crippen molar-refractivity contribution in [1.82, 2.24) is 15.6 Å². The lowest BCUT2D eigenvalue weighted by Crippen LogP contribution is -2.33. The number of halogens is 1. The number of nitrogens with one attached hydrogen (secondary N) is 2. The first-order chi connectivity index (χ1) is 12.7. The molecule has 0 aliphatic heterocycles. The van der Waals surface area contributed by atoms with E-state index in [0.29, 0.717) is 31.2 Å². The first kappa shape index (κ1) is 22.9. The zero-order valence-electron chi connectivity index (χ0n) is 15.6. The maximum absolute atomic E-state index is 12.0. The summed E-state index contributed by atoms with van der Waals surface area (Å²) in [7, 11) is 0. The molecule has 0 saturated carbocycles. The van der Waals surface area contributed by atoms with Gasteiger partial charge in [-0.05, 0) is 36.2 Å². The van der Waals surface area contributed by atoms with Crippen LogP contribution in [0.4, 0.5) is 0 Å². The van der Waals surface area contributed by atoms with Gasteiger partial charge in [0, 0.05) is 37.0 Å². The van der Waals surface area contributed by atoms with Gasteiger partial charge in [-0.3, -0.25) is 9.78 Å². The molecule has 0 saturated heterocycles. The Hall–Kier alpha value is -2.16. The van der Waals surface area contributed by atoms with Gasteiger partial charge in [0.1, 0.15) is 0 Å². The summed E-state index contributed by atoms with van der Waals surface area (Å²) in [5.74, 6) is 0.367. The zero-order chi connectivity index (χ0) is 18.6. The van der Waals surface area contributed by atoms with E-state index >= 15 is 0 Å². The molecule has 0 bridgehead atoms. The molecule has 6 nitrogen and oxygen atoms in total. The molecule has 1 aromatic carbocycles. The summed E-state index contributed by atoms with van der Waals surface area (Å²) in [4.78, 5) is 20.5. The number of hydrogen-bond acceptors (Lipinski definition) is 3. The molecule has 1 amide bonds. The third-order valence-corrected chi connectivity index (χ3v) is 3.88. The van der Waals surface area contributed by atoms with Crippen LogP contribution in [0, 0.1) is 0 Å². The van der Waals surface area contributed by atoms with Crippen LogP contribution in [-0.4, -0.2) is 29.9 Å². The number of pyridine rings is 1. The lowest BCUT2D eigenvalue weighted by Gasteiger charge is -2.06. The van der Waals surface area contributed by atoms with Crippen LogP contribution in [0.2, 0.25) is 0 Å². The molecule has 0 unspecified atom stereocenters. The monoisotopic (exact) mass is 481 g/mol. The highest BCUT2D eigenvalue weighted by molar-refractivity contribution is 14.0. The number of hydrogen-bond donors (Lipinski definition) is 3. The summed E-state index contributed by atoms with van der Waals surface area (Å²) in [6.45, 7) is 3.96. The molecule has 27 heavy (non-hydrogen) atoms. The van der Waals surface area contributed by atoms with Gasteiger partial charge < -0.3 is 16.4 Å². The Morgan fingerprint density at radius 3 is 2.56 bits per heavy atom. The van der Waals surface area contributed by atoms with Gasteiger partial charge in [-0.25, -0.2) is 4.99 Å². The van der Waals surface area contributed by atoms with Crippen molar-refractivity contribution in [2.75, 3.05) is 13.1 Å². The molecule has 1 heterocycles. The summed E-state index contributed by atoms with van der Waals surface area (Å²) < 4.78 is 0. The zero-order valence-corrected chi connectivity index (χ0v) is 18.0. The minimum Gasteiger partial charge on any atom is -0.370 e. The number of amides is 1. The molecular formula is C20H28IN5O. The predicted molar refractivity (Wildman–Crippen MR) is 120 cm³/mol. The highest BCUT2D eigenvalue weighted by Gasteiger charge is 2.04. The van der Waals surface area contributed by atoms with Crippen molar-refractivity contribution in [3.63, 3.8) is 0 Å². The Labute approximate surface area is 178 Å². The molecule has 0 fully saturated rings. The maximum atomic E-state index is 12.0. The summed E-state index contributed by atoms with van der Waals surface area (Å²) in [6.07, 6.45) is 4.62. The predicted octanol–water partition coefficient (Wildman–Crippen LogP) is 2.88. The van der Waals surface area contributed by atoms with E-state index in [1.807, 2.05) is 42.5 Å². The van der Waals surface area contributed by atoms with E-state index in [1.165, 1.54) is 0 Å². The number of guanidine groups is 1. The van der Waals surface area contributed by atoms with E-state index in [-0.39, 0.29) is 29.9 Å². The smallest absolute Gasteiger partial charge is 0.251 e. The van der Waals surface area contributed by atoms with E-state index in [1.54, 1.807) is 6.20 Å². The molecule has 0 aliphatic rings. The van der Waals surface area contributed by atoms with Crippen molar-refractivity contribution in [2.45, 2.75) is 32.7 Å². The molecule has 7 heteroatoms. The Morgan fingerprint density at radius 1 is 1.11 bits per heavy atom. The number of nitrogens with zero attached hydrogens (tertiary/aromatic N) is 2. The largest absolute Gasteiger partial charge is 0.370 e. The number of nitrogens with two attached hydrogens (primary N) is 1. The highest BCUT2D eigenvalue weighted by Crippen LogP contribution is 2.06. The molecule has 0 aliphatic carbocycles. The van der Waals surface area contributed by atoms with Crippen molar-refractivity contribution >= 4 is 35.8 Å². The van der Waals surface area contributed by atoms with Gasteiger partial charge in [-0.15, -0.1) is 24.0 Å². The fourth-order valence-corrected chi connectivity index (χ4v) is 2.34. The van der Waals surface area contributed by atoms with Gasteiger partial charge in [0.15, 0.2) is 5.96 Å². The quantitative estimate of drug-likeness (QED) is 0.222. The number of benzene rings is 1. The number of unbranched alkanes of at least 4 members (excludes halogenated alkanes) is 1. The second kappa shape index (κ2) is 13.1. The maximum Gasteiger partial charge on any atom is 0.251 e. The van der Waals surface area contributed by atoms with Crippen LogP contribution in [0.1, 0.15) is 41.4 Å². The Kier molecular flexibility index (Phi) is 11.1. The van der Waals surface area contributed by atoms with Crippen LogP contribution in [0.5, 0.6) is 0 Å². The second-order valence-corrected chi connectivity index (χ2v) is 6.01. The summed E-state index contributed by atoms with van der Waals surface area (Å²) >= 11 is 0. The van der Waals surface area contributed by atoms with Crippen molar-refractivity contribution < 1.29 is 4.79 Å². The number of rotatable bonds is 9. The Balaban J connectivity index is 0.00000364. The van der Waals surface area contributed by atoms with E-state index in [2.05, 4.69) is 27.5 Å². The summed E-state index contributed by atoms with van der Waals surface area (Å²) in [5.41, 5.74) is 8.57. The number of aromatic nitrogens is 1. The number of carbonyl (C=O) groups is 1. The van der Waals surface area contributed by atoms with Crippen LogP contribution >= 0.6 is 24.0 Å². The third kappa shape index (κ3) is 8.85. The van der Waals surface area contributed by atoms with Gasteiger partial charge in [-0.1, -0.05) is 31.5 Å². The molecule has 0 radical (unpaired) electrons. The molecule has 146 valence electrons. The Bertz CT molecular complexity index is 704. The molecule has 2 aromatic rings. The average molecular weight is 481 g/mol.